The average molecular weight is 471 g/mol. The number of hydrogen-bond acceptors (Lipinski definition) is 5. The Morgan fingerprint density at radius 3 is 2.36 bits per heavy atom. The van der Waals surface area contributed by atoms with E-state index in [9.17, 15) is 0 Å². The van der Waals surface area contributed by atoms with Crippen LogP contribution < -0.4 is 4.74 Å². The highest BCUT2D eigenvalue weighted by molar-refractivity contribution is 5.69. The Kier molecular flexibility index (Phi) is 4.51. The van der Waals surface area contributed by atoms with Crippen molar-refractivity contribution in [3.05, 3.63) is 119 Å². The summed E-state index contributed by atoms with van der Waals surface area (Å²) in [4.78, 5) is 9.67. The maximum Gasteiger partial charge on any atom is 0.230 e. The number of ether oxygens (including phenoxy) is 1. The molecule has 4 heterocycles. The summed E-state index contributed by atoms with van der Waals surface area (Å²) in [6.45, 7) is 4.09. The van der Waals surface area contributed by atoms with Crippen LogP contribution in [-0.4, -0.2) is 29.4 Å². The highest BCUT2D eigenvalue weighted by Gasteiger charge is 2.38. The van der Waals surface area contributed by atoms with Crippen molar-refractivity contribution < 1.29 is 4.74 Å². The van der Waals surface area contributed by atoms with E-state index in [1.807, 2.05) is 60.1 Å². The molecule has 0 saturated carbocycles. The fraction of sp³-hybridized carbons (Fsp3) is 0.103. The third kappa shape index (κ3) is 3.13. The van der Waals surface area contributed by atoms with Gasteiger partial charge in [0.15, 0.2) is 11.5 Å². The van der Waals surface area contributed by atoms with Crippen molar-refractivity contribution in [3.63, 3.8) is 0 Å². The van der Waals surface area contributed by atoms with Gasteiger partial charge in [-0.05, 0) is 37.6 Å². The summed E-state index contributed by atoms with van der Waals surface area (Å²) in [6.07, 6.45) is 1.67. The van der Waals surface area contributed by atoms with Crippen LogP contribution in [0.4, 0.5) is 0 Å². The summed E-state index contributed by atoms with van der Waals surface area (Å²) in [7, 11) is 0. The van der Waals surface area contributed by atoms with Gasteiger partial charge in [-0.25, -0.2) is 19.2 Å². The van der Waals surface area contributed by atoms with Crippen LogP contribution in [0.15, 0.2) is 91.3 Å². The molecule has 0 fully saturated rings. The van der Waals surface area contributed by atoms with Gasteiger partial charge in [-0.3, -0.25) is 0 Å². The molecule has 7 nitrogen and oxygen atoms in total. The summed E-state index contributed by atoms with van der Waals surface area (Å²) in [5.74, 6) is 1.69. The molecule has 0 unspecified atom stereocenters. The van der Waals surface area contributed by atoms with Crippen molar-refractivity contribution in [2.45, 2.75) is 19.8 Å². The smallest absolute Gasteiger partial charge is 0.230 e. The topological polar surface area (TPSA) is 70.1 Å². The normalized spacial score (nSPS) is 14.3. The van der Waals surface area contributed by atoms with Gasteiger partial charge in [0.1, 0.15) is 6.33 Å². The predicted octanol–water partition coefficient (Wildman–Crippen LogP) is 5.88. The lowest BCUT2D eigenvalue weighted by Gasteiger charge is -2.26. The number of rotatable bonds is 3. The summed E-state index contributed by atoms with van der Waals surface area (Å²) in [5.41, 5.74) is 7.69. The van der Waals surface area contributed by atoms with Crippen molar-refractivity contribution in [2.24, 2.45) is 0 Å². The lowest BCUT2D eigenvalue weighted by atomic mass is 9.84. The van der Waals surface area contributed by atoms with E-state index in [0.29, 0.717) is 17.6 Å². The van der Waals surface area contributed by atoms with E-state index < -0.39 is 0 Å². The summed E-state index contributed by atoms with van der Waals surface area (Å²) >= 11 is 0. The standard InChI is InChI=1S/C29H22N6O/c1-18-10-9-13-21(16-18)26-31-27-25-24(20-11-5-3-6-12-20)23-19(2)32-35(22-14-7-4-8-15-22)29(23)36-28(25)30-17-34(27)33-26/h3-17,24H,1-2H3/t24-/m0/s1. The van der Waals surface area contributed by atoms with Crippen LogP contribution in [0.3, 0.4) is 0 Å². The van der Waals surface area contributed by atoms with Gasteiger partial charge in [-0.1, -0.05) is 72.3 Å². The molecule has 0 saturated heterocycles. The van der Waals surface area contributed by atoms with E-state index in [1.165, 1.54) is 0 Å². The second-order valence-corrected chi connectivity index (χ2v) is 9.03. The van der Waals surface area contributed by atoms with Gasteiger partial charge in [0.2, 0.25) is 11.8 Å². The number of aryl methyl sites for hydroxylation is 2. The first-order valence-corrected chi connectivity index (χ1v) is 11.9. The highest BCUT2D eigenvalue weighted by atomic mass is 16.5. The van der Waals surface area contributed by atoms with E-state index in [-0.39, 0.29) is 5.92 Å². The molecule has 0 bridgehead atoms. The summed E-state index contributed by atoms with van der Waals surface area (Å²) in [6, 6.07) is 28.6. The minimum absolute atomic E-state index is 0.159. The molecule has 1 aliphatic heterocycles. The Morgan fingerprint density at radius 2 is 1.58 bits per heavy atom. The Balaban J connectivity index is 1.49. The van der Waals surface area contributed by atoms with Gasteiger partial charge < -0.3 is 4.74 Å². The molecular formula is C29H22N6O. The SMILES string of the molecule is Cc1cccc(-c2nc3c4c(ncn3n2)Oc2c(c(C)nn2-c2ccccc2)[C@@H]4c2ccccc2)c1. The van der Waals surface area contributed by atoms with Crippen molar-refractivity contribution in [2.75, 3.05) is 0 Å². The van der Waals surface area contributed by atoms with Crippen LogP contribution in [0.2, 0.25) is 0 Å². The molecular weight excluding hydrogens is 448 g/mol. The lowest BCUT2D eigenvalue weighted by molar-refractivity contribution is 0.402. The van der Waals surface area contributed by atoms with Crippen LogP contribution in [0.1, 0.15) is 33.9 Å². The Labute approximate surface area is 207 Å². The van der Waals surface area contributed by atoms with Crippen molar-refractivity contribution >= 4 is 5.65 Å². The minimum Gasteiger partial charge on any atom is -0.420 e. The van der Waals surface area contributed by atoms with Crippen LogP contribution in [-0.2, 0) is 0 Å². The third-order valence-electron chi connectivity index (χ3n) is 6.63. The van der Waals surface area contributed by atoms with Gasteiger partial charge in [-0.15, -0.1) is 5.10 Å². The molecule has 0 N–H and O–H groups in total. The fourth-order valence-corrected chi connectivity index (χ4v) is 5.01. The quantitative estimate of drug-likeness (QED) is 0.323. The number of para-hydroxylation sites is 1. The molecule has 0 amide bonds. The van der Waals surface area contributed by atoms with E-state index in [2.05, 4.69) is 48.3 Å². The Morgan fingerprint density at radius 1 is 0.806 bits per heavy atom. The van der Waals surface area contributed by atoms with Gasteiger partial charge >= 0.3 is 0 Å². The van der Waals surface area contributed by atoms with E-state index in [1.54, 1.807) is 10.8 Å². The molecule has 0 aliphatic carbocycles. The number of hydrogen-bond donors (Lipinski definition) is 0. The molecule has 0 radical (unpaired) electrons. The van der Waals surface area contributed by atoms with Crippen molar-refractivity contribution in [1.29, 1.82) is 0 Å². The highest BCUT2D eigenvalue weighted by Crippen LogP contribution is 2.49. The second-order valence-electron chi connectivity index (χ2n) is 9.03. The summed E-state index contributed by atoms with van der Waals surface area (Å²) in [5, 5.41) is 9.64. The Hall–Kier alpha value is -4.78. The van der Waals surface area contributed by atoms with Gasteiger partial charge in [0, 0.05) is 5.56 Å². The molecule has 6 aromatic rings. The second kappa shape index (κ2) is 7.88. The van der Waals surface area contributed by atoms with E-state index in [4.69, 9.17) is 19.9 Å². The fourth-order valence-electron chi connectivity index (χ4n) is 5.01. The monoisotopic (exact) mass is 470 g/mol. The largest absolute Gasteiger partial charge is 0.420 e. The molecule has 3 aromatic carbocycles. The molecule has 0 spiro atoms. The van der Waals surface area contributed by atoms with Crippen LogP contribution in [0, 0.1) is 13.8 Å². The molecule has 1 atom stereocenters. The molecule has 36 heavy (non-hydrogen) atoms. The maximum absolute atomic E-state index is 6.49. The zero-order chi connectivity index (χ0) is 24.2. The zero-order valence-electron chi connectivity index (χ0n) is 19.8. The first kappa shape index (κ1) is 20.6. The molecule has 7 rings (SSSR count). The number of benzene rings is 3. The lowest BCUT2D eigenvalue weighted by Crippen LogP contribution is -2.16. The molecule has 7 heteroatoms. The van der Waals surface area contributed by atoms with Crippen LogP contribution in [0.25, 0.3) is 22.7 Å². The third-order valence-corrected chi connectivity index (χ3v) is 6.63. The van der Waals surface area contributed by atoms with Crippen molar-refractivity contribution in [3.8, 4) is 28.8 Å². The minimum atomic E-state index is -0.159. The van der Waals surface area contributed by atoms with E-state index in [0.717, 1.165) is 44.8 Å². The summed E-state index contributed by atoms with van der Waals surface area (Å²) < 4.78 is 10.1. The molecule has 1 aliphatic rings. The average Bonchev–Trinajstić information content (AvgIpc) is 3.50. The maximum atomic E-state index is 6.49. The Bertz CT molecular complexity index is 1740. The van der Waals surface area contributed by atoms with Gasteiger partial charge in [0.25, 0.3) is 0 Å². The first-order valence-electron chi connectivity index (χ1n) is 11.9. The zero-order valence-corrected chi connectivity index (χ0v) is 19.8. The van der Waals surface area contributed by atoms with Gasteiger partial charge in [0.05, 0.1) is 28.4 Å². The molecule has 174 valence electrons. The van der Waals surface area contributed by atoms with Gasteiger partial charge in [-0.2, -0.15) is 5.10 Å². The number of fused-ring (bicyclic) bond motifs is 4. The predicted molar refractivity (Wildman–Crippen MR) is 137 cm³/mol. The van der Waals surface area contributed by atoms with Crippen molar-refractivity contribution in [1.82, 2.24) is 29.4 Å². The van der Waals surface area contributed by atoms with E-state index >= 15 is 0 Å². The number of nitrogens with zero attached hydrogens (tertiary/aromatic N) is 6. The van der Waals surface area contributed by atoms with Crippen LogP contribution >= 0.6 is 0 Å². The molecule has 3 aromatic heterocycles. The number of aromatic nitrogens is 6. The van der Waals surface area contributed by atoms with Crippen LogP contribution in [0.5, 0.6) is 11.8 Å². The first-order chi connectivity index (χ1) is 17.7.